The van der Waals surface area contributed by atoms with Crippen LogP contribution < -0.4 is 16.4 Å². The van der Waals surface area contributed by atoms with Crippen LogP contribution in [0.3, 0.4) is 0 Å². The Morgan fingerprint density at radius 2 is 0.655 bits per heavy atom. The SMILES string of the molecule is C#CCOCCCCCCCC(=O)C[C@@H](Cc1ccccc1)C(=O)N[C@@H](Cc1ccccc1)C(=O)OC.C#CCOCCCCCCCC(=O)O.C#CCOCCCCCCCC(=O)OC.COC(=O)CCCCCCCBr.COC(=O)[C@H](Cc1ccccc1)NC(=O)[C@@H](N)Cc1ccccc1.O=C(O)CCCCCCCBr. The fourth-order valence-electron chi connectivity index (χ4n) is 10.9. The zero-order chi connectivity index (χ0) is 83.8. The van der Waals surface area contributed by atoms with Crippen LogP contribution >= 0.6 is 31.9 Å². The Kier molecular flexibility index (Phi) is 74.7. The van der Waals surface area contributed by atoms with Crippen LogP contribution in [0.2, 0.25) is 0 Å². The third-order valence-corrected chi connectivity index (χ3v) is 18.2. The summed E-state index contributed by atoms with van der Waals surface area (Å²) >= 11 is 6.73. The van der Waals surface area contributed by atoms with Gasteiger partial charge in [0.1, 0.15) is 37.7 Å². The van der Waals surface area contributed by atoms with Gasteiger partial charge in [-0.25, -0.2) is 9.59 Å². The van der Waals surface area contributed by atoms with Gasteiger partial charge >= 0.3 is 35.8 Å². The molecule has 4 aromatic carbocycles. The van der Waals surface area contributed by atoms with E-state index >= 15 is 0 Å². The van der Waals surface area contributed by atoms with Gasteiger partial charge in [-0.3, -0.25) is 33.6 Å². The summed E-state index contributed by atoms with van der Waals surface area (Å²) in [7, 11) is 5.47. The lowest BCUT2D eigenvalue weighted by molar-refractivity contribution is -0.145. The van der Waals surface area contributed by atoms with Crippen LogP contribution in [0, 0.1) is 42.9 Å². The molecule has 2 amide bonds. The number of ketones is 1. The second-order valence-electron chi connectivity index (χ2n) is 26.7. The van der Waals surface area contributed by atoms with E-state index in [1.54, 1.807) is 0 Å². The number of carboxylic acids is 2. The number of ether oxygens (including phenoxy) is 7. The number of methoxy groups -OCH3 is 4. The van der Waals surface area contributed by atoms with Crippen molar-refractivity contribution in [2.75, 3.05) is 78.7 Å². The number of aliphatic carboxylic acids is 2. The topological polar surface area (TPSA) is 309 Å². The first-order chi connectivity index (χ1) is 54.8. The van der Waals surface area contributed by atoms with Crippen molar-refractivity contribution in [1.82, 2.24) is 10.6 Å². The molecule has 0 saturated heterocycles. The van der Waals surface area contributed by atoms with Gasteiger partial charge in [0.15, 0.2) is 0 Å². The van der Waals surface area contributed by atoms with Crippen LogP contribution in [0.15, 0.2) is 121 Å². The van der Waals surface area contributed by atoms with Crippen LogP contribution in [0.1, 0.15) is 221 Å². The molecule has 0 bridgehead atoms. The average molecular weight is 1700 g/mol. The van der Waals surface area contributed by atoms with E-state index in [0.29, 0.717) is 84.4 Å². The molecule has 21 nitrogen and oxygen atoms in total. The summed E-state index contributed by atoms with van der Waals surface area (Å²) in [5.74, 6) is 3.51. The molecule has 0 aliphatic carbocycles. The number of alkyl halides is 2. The number of halogens is 2. The molecule has 0 unspecified atom stereocenters. The summed E-state index contributed by atoms with van der Waals surface area (Å²) in [5.41, 5.74) is 9.76. The molecule has 0 aliphatic heterocycles. The number of carbonyl (C=O) groups is 9. The van der Waals surface area contributed by atoms with Crippen LogP contribution in [0.4, 0.5) is 0 Å². The fourth-order valence-corrected chi connectivity index (χ4v) is 11.7. The number of carboxylic acid groups (broad SMARTS) is 2. The molecule has 0 fully saturated rings. The monoisotopic (exact) mass is 1700 g/mol. The Bertz CT molecular complexity index is 3180. The molecule has 113 heavy (non-hydrogen) atoms. The van der Waals surface area contributed by atoms with E-state index in [0.717, 1.165) is 162 Å². The van der Waals surface area contributed by atoms with Crippen molar-refractivity contribution in [3.8, 4) is 37.0 Å². The molecule has 4 aromatic rings. The summed E-state index contributed by atoms with van der Waals surface area (Å²) in [6.07, 6.45) is 45.3. The number of amides is 2. The van der Waals surface area contributed by atoms with Gasteiger partial charge in [0.2, 0.25) is 11.8 Å². The van der Waals surface area contributed by atoms with Gasteiger partial charge < -0.3 is 59.7 Å². The minimum Gasteiger partial charge on any atom is -0.481 e. The number of unbranched alkanes of at least 4 members (excludes halogenated alkanes) is 20. The lowest BCUT2D eigenvalue weighted by atomic mass is 9.91. The van der Waals surface area contributed by atoms with Gasteiger partial charge in [0.25, 0.3) is 0 Å². The molecule has 0 aliphatic rings. The molecule has 0 radical (unpaired) electrons. The van der Waals surface area contributed by atoms with E-state index < -0.39 is 47.9 Å². The molecule has 4 atom stereocenters. The van der Waals surface area contributed by atoms with E-state index in [9.17, 15) is 43.2 Å². The first kappa shape index (κ1) is 107. The predicted octanol–water partition coefficient (Wildman–Crippen LogP) is 16.1. The second kappa shape index (κ2) is 79.0. The van der Waals surface area contributed by atoms with Crippen molar-refractivity contribution >= 4 is 85.3 Å². The Labute approximate surface area is 692 Å². The van der Waals surface area contributed by atoms with Gasteiger partial charge in [-0.1, -0.05) is 267 Å². The third kappa shape index (κ3) is 69.1. The Hall–Kier alpha value is -8.21. The van der Waals surface area contributed by atoms with Crippen LogP contribution in [0.25, 0.3) is 0 Å². The lowest BCUT2D eigenvalue weighted by Crippen LogP contribution is -2.50. The molecule has 0 spiro atoms. The first-order valence-corrected chi connectivity index (χ1v) is 42.0. The summed E-state index contributed by atoms with van der Waals surface area (Å²) < 4.78 is 34.3. The van der Waals surface area contributed by atoms with E-state index in [4.69, 9.17) is 58.9 Å². The number of hydrogen-bond acceptors (Lipinski definition) is 17. The maximum Gasteiger partial charge on any atom is 0.328 e. The van der Waals surface area contributed by atoms with E-state index in [1.165, 1.54) is 67.0 Å². The maximum atomic E-state index is 13.3. The summed E-state index contributed by atoms with van der Waals surface area (Å²) in [4.78, 5) is 105. The summed E-state index contributed by atoms with van der Waals surface area (Å²) in [6.45, 7) is 3.25. The van der Waals surface area contributed by atoms with Crippen molar-refractivity contribution in [3.05, 3.63) is 144 Å². The molecular weight excluding hydrogens is 1570 g/mol. The largest absolute Gasteiger partial charge is 0.481 e. The maximum absolute atomic E-state index is 13.3. The lowest BCUT2D eigenvalue weighted by Gasteiger charge is -2.21. The van der Waals surface area contributed by atoms with Gasteiger partial charge in [-0.15, -0.1) is 19.3 Å². The third-order valence-electron chi connectivity index (χ3n) is 17.1. The Morgan fingerprint density at radius 1 is 0.372 bits per heavy atom. The van der Waals surface area contributed by atoms with Gasteiger partial charge in [-0.05, 0) is 99.3 Å². The highest BCUT2D eigenvalue weighted by molar-refractivity contribution is 9.09. The molecule has 4 rings (SSSR count). The number of benzene rings is 4. The highest BCUT2D eigenvalue weighted by atomic mass is 79.9. The standard InChI is InChI=1S/C31H39NO5.C19H22N2O3.C12H20O3.C11H18O3.C9H17BrO2.C8H15BrO2/c1-3-20-37-21-14-6-4-5-13-19-28(33)24-27(22-25-15-9-7-10-16-25)30(34)32-29(31(35)36-2)23-26-17-11-8-12-18-26;1-24-19(23)17(13-15-10-6-3-7-11-15)21-18(22)16(20)12-14-8-4-2-5-9-14;1-3-10-15-11-8-6-4-5-7-9-12(13)14-2;1-2-9-14-10-7-5-3-4-6-8-11(12)13;1-12-9(11)7-5-3-2-4-6-8-10;9-7-5-3-1-2-4-6-8(10)11/h1,7-12,15-18,27,29H,4-6,13-14,19-24H2,2H3,(H,32,34);2-11,16-17H,12-13,20H2,1H3,(H,21,22);1H,4-11H2,2H3;1H,3-10H2,(H,12,13);2-8H2,1H3;1-7H2,(H,10,11)/t27-,29+;16-,17-;;;;/m10..../s1. The highest BCUT2D eigenvalue weighted by Gasteiger charge is 2.29. The predicted molar refractivity (Wildman–Crippen MR) is 454 cm³/mol. The number of carbonyl (C=O) groups excluding carboxylic acids is 7. The highest BCUT2D eigenvalue weighted by Crippen LogP contribution is 2.19. The Balaban J connectivity index is 0. The number of terminal acetylenes is 3. The van der Waals surface area contributed by atoms with E-state index in [1.807, 2.05) is 121 Å². The second-order valence-corrected chi connectivity index (χ2v) is 28.2. The fraction of sp³-hybridized carbons (Fsp3) is 0.567. The number of nitrogens with two attached hydrogens (primary N) is 1. The molecule has 0 saturated carbocycles. The average Bonchev–Trinajstić information content (AvgIpc) is 0.864. The minimum absolute atomic E-state index is 0.0612. The Morgan fingerprint density at radius 3 is 0.965 bits per heavy atom. The smallest absolute Gasteiger partial charge is 0.328 e. The van der Waals surface area contributed by atoms with Gasteiger partial charge in [0, 0.05) is 87.8 Å². The zero-order valence-electron chi connectivity index (χ0n) is 67.8. The minimum atomic E-state index is -0.821. The van der Waals surface area contributed by atoms with Crippen molar-refractivity contribution in [2.45, 2.75) is 243 Å². The van der Waals surface area contributed by atoms with Crippen molar-refractivity contribution < 1.29 is 86.5 Å². The number of Topliss-reactive ketones (excluding diaryl/α,β-unsaturated/α-hetero) is 1. The van der Waals surface area contributed by atoms with Crippen LogP contribution in [0.5, 0.6) is 0 Å². The summed E-state index contributed by atoms with van der Waals surface area (Å²) in [6, 6.07) is 35.8. The van der Waals surface area contributed by atoms with E-state index in [-0.39, 0.29) is 42.4 Å². The number of nitrogens with one attached hydrogen (secondary N) is 2. The van der Waals surface area contributed by atoms with Crippen molar-refractivity contribution in [1.29, 1.82) is 0 Å². The zero-order valence-corrected chi connectivity index (χ0v) is 70.9. The number of esters is 4. The summed E-state index contributed by atoms with van der Waals surface area (Å²) in [5, 5.41) is 24.4. The molecule has 628 valence electrons. The van der Waals surface area contributed by atoms with Crippen molar-refractivity contribution in [2.24, 2.45) is 11.7 Å². The van der Waals surface area contributed by atoms with E-state index in [2.05, 4.69) is 69.7 Å². The first-order valence-electron chi connectivity index (χ1n) is 39.7. The number of hydrogen-bond donors (Lipinski definition) is 5. The molecule has 6 N–H and O–H groups in total. The number of rotatable bonds is 57. The molecule has 23 heteroatoms. The van der Waals surface area contributed by atoms with Gasteiger partial charge in [-0.2, -0.15) is 0 Å². The van der Waals surface area contributed by atoms with Crippen LogP contribution in [-0.4, -0.2) is 160 Å². The molecule has 0 aromatic heterocycles. The van der Waals surface area contributed by atoms with Crippen molar-refractivity contribution in [3.63, 3.8) is 0 Å². The normalized spacial score (nSPS) is 11.2. The molecular formula is C90H131Br2N3O18. The van der Waals surface area contributed by atoms with Gasteiger partial charge in [0.05, 0.1) is 34.5 Å². The van der Waals surface area contributed by atoms with Crippen LogP contribution in [-0.2, 0) is 102 Å². The molecule has 0 heterocycles. The quantitative estimate of drug-likeness (QED) is 0.00902.